The second-order valence-electron chi connectivity index (χ2n) is 6.41. The first-order valence-corrected chi connectivity index (χ1v) is 8.36. The van der Waals surface area contributed by atoms with Crippen LogP contribution in [0.1, 0.15) is 31.5 Å². The molecule has 0 saturated heterocycles. The van der Waals surface area contributed by atoms with Crippen LogP contribution in [-0.4, -0.2) is 31.3 Å². The van der Waals surface area contributed by atoms with Crippen LogP contribution in [0.2, 0.25) is 0 Å². The van der Waals surface area contributed by atoms with Gasteiger partial charge < -0.3 is 5.32 Å². The van der Waals surface area contributed by atoms with E-state index in [1.807, 2.05) is 33.1 Å². The molecule has 0 saturated carbocycles. The van der Waals surface area contributed by atoms with Crippen molar-refractivity contribution in [3.05, 3.63) is 32.6 Å². The van der Waals surface area contributed by atoms with E-state index in [1.165, 1.54) is 0 Å². The van der Waals surface area contributed by atoms with E-state index in [-0.39, 0.29) is 11.1 Å². The fourth-order valence-corrected chi connectivity index (χ4v) is 2.97. The lowest BCUT2D eigenvalue weighted by atomic mass is 10.1. The molecule has 2 N–H and O–H groups in total. The summed E-state index contributed by atoms with van der Waals surface area (Å²) in [4.78, 5) is 23.9. The first-order chi connectivity index (χ1) is 10.8. The Hall–Kier alpha value is -2.22. The molecule has 0 fully saturated rings. The Labute approximate surface area is 137 Å². The van der Waals surface area contributed by atoms with Gasteiger partial charge in [0.1, 0.15) is 5.39 Å². The number of rotatable bonds is 4. The van der Waals surface area contributed by atoms with Crippen LogP contribution < -0.4 is 10.9 Å². The van der Waals surface area contributed by atoms with Gasteiger partial charge in [-0.2, -0.15) is 10.1 Å². The highest BCUT2D eigenvalue weighted by molar-refractivity contribution is 7.09. The molecule has 3 aromatic rings. The van der Waals surface area contributed by atoms with Crippen LogP contribution in [0.5, 0.6) is 0 Å². The minimum absolute atomic E-state index is 0.183. The Kier molecular flexibility index (Phi) is 3.93. The average molecular weight is 332 g/mol. The molecule has 122 valence electrons. The molecule has 8 heteroatoms. The van der Waals surface area contributed by atoms with E-state index >= 15 is 0 Å². The van der Waals surface area contributed by atoms with E-state index in [4.69, 9.17) is 0 Å². The number of anilines is 1. The van der Waals surface area contributed by atoms with Crippen molar-refractivity contribution in [3.63, 3.8) is 0 Å². The van der Waals surface area contributed by atoms with Gasteiger partial charge in [-0.25, -0.2) is 9.67 Å². The lowest BCUT2D eigenvalue weighted by molar-refractivity contribution is 0.366. The van der Waals surface area contributed by atoms with Gasteiger partial charge in [-0.3, -0.25) is 9.78 Å². The van der Waals surface area contributed by atoms with Gasteiger partial charge in [-0.1, -0.05) is 0 Å². The van der Waals surface area contributed by atoms with Crippen LogP contribution in [0.3, 0.4) is 0 Å². The maximum Gasteiger partial charge on any atom is 0.263 e. The summed E-state index contributed by atoms with van der Waals surface area (Å²) in [5.74, 6) is 0.459. The molecule has 0 unspecified atom stereocenters. The van der Waals surface area contributed by atoms with E-state index in [1.54, 1.807) is 22.2 Å². The van der Waals surface area contributed by atoms with Crippen LogP contribution in [0.25, 0.3) is 11.0 Å². The summed E-state index contributed by atoms with van der Waals surface area (Å²) in [6.45, 7) is 8.73. The van der Waals surface area contributed by atoms with Crippen molar-refractivity contribution in [1.82, 2.24) is 24.7 Å². The number of aryl methyl sites for hydroxylation is 1. The SMILES string of the molecule is Cc1nc(CCNc2nc3c(cnn3C(C)(C)C)c(=O)[nH]2)cs1. The fourth-order valence-electron chi connectivity index (χ4n) is 2.33. The molecule has 0 bridgehead atoms. The summed E-state index contributed by atoms with van der Waals surface area (Å²) in [6, 6.07) is 0. The minimum Gasteiger partial charge on any atom is -0.355 e. The predicted molar refractivity (Wildman–Crippen MR) is 92.2 cm³/mol. The summed E-state index contributed by atoms with van der Waals surface area (Å²) in [5, 5.41) is 11.1. The molecular formula is C15H20N6OS. The first-order valence-electron chi connectivity index (χ1n) is 7.48. The normalized spacial score (nSPS) is 12.0. The van der Waals surface area contributed by atoms with Gasteiger partial charge in [0, 0.05) is 18.3 Å². The molecule has 3 heterocycles. The molecule has 0 spiro atoms. The molecule has 23 heavy (non-hydrogen) atoms. The Morgan fingerprint density at radius 2 is 2.13 bits per heavy atom. The zero-order valence-corrected chi connectivity index (χ0v) is 14.5. The first kappa shape index (κ1) is 15.7. The van der Waals surface area contributed by atoms with Gasteiger partial charge in [0.05, 0.1) is 22.4 Å². The van der Waals surface area contributed by atoms with Crippen molar-refractivity contribution in [2.24, 2.45) is 0 Å². The number of thiazole rings is 1. The highest BCUT2D eigenvalue weighted by atomic mass is 32.1. The number of hydrogen-bond donors (Lipinski definition) is 2. The standard InChI is InChI=1S/C15H20N6OS/c1-9-18-10(8-23-9)5-6-16-14-19-12-11(13(22)20-14)7-17-21(12)15(2,3)4/h7-8H,5-6H2,1-4H3,(H2,16,19,20,22). The van der Waals surface area contributed by atoms with E-state index in [2.05, 4.69) is 25.4 Å². The Morgan fingerprint density at radius 3 is 2.78 bits per heavy atom. The van der Waals surface area contributed by atoms with Crippen LogP contribution in [0.15, 0.2) is 16.4 Å². The van der Waals surface area contributed by atoms with Gasteiger partial charge in [-0.15, -0.1) is 11.3 Å². The highest BCUT2D eigenvalue weighted by Crippen LogP contribution is 2.18. The quantitative estimate of drug-likeness (QED) is 0.765. The summed E-state index contributed by atoms with van der Waals surface area (Å²) < 4.78 is 1.77. The van der Waals surface area contributed by atoms with Crippen LogP contribution in [0, 0.1) is 6.92 Å². The number of hydrogen-bond acceptors (Lipinski definition) is 6. The molecule has 0 amide bonds. The number of H-pyrrole nitrogens is 1. The summed E-state index contributed by atoms with van der Waals surface area (Å²) in [6.07, 6.45) is 2.35. The Morgan fingerprint density at radius 1 is 1.35 bits per heavy atom. The molecule has 0 atom stereocenters. The van der Waals surface area contributed by atoms with Crippen molar-refractivity contribution in [2.75, 3.05) is 11.9 Å². The average Bonchev–Trinajstić information content (AvgIpc) is 3.05. The van der Waals surface area contributed by atoms with Gasteiger partial charge in [0.25, 0.3) is 5.56 Å². The molecule has 3 rings (SSSR count). The van der Waals surface area contributed by atoms with Gasteiger partial charge in [0.15, 0.2) is 5.65 Å². The molecule has 3 aromatic heterocycles. The van der Waals surface area contributed by atoms with Crippen molar-refractivity contribution in [1.29, 1.82) is 0 Å². The largest absolute Gasteiger partial charge is 0.355 e. The third-order valence-electron chi connectivity index (χ3n) is 3.41. The van der Waals surface area contributed by atoms with Crippen molar-refractivity contribution >= 4 is 28.3 Å². The van der Waals surface area contributed by atoms with Crippen molar-refractivity contribution in [3.8, 4) is 0 Å². The topological polar surface area (TPSA) is 88.5 Å². The lowest BCUT2D eigenvalue weighted by Gasteiger charge is -2.19. The third-order valence-corrected chi connectivity index (χ3v) is 4.24. The molecular weight excluding hydrogens is 312 g/mol. The van der Waals surface area contributed by atoms with E-state index < -0.39 is 0 Å². The zero-order valence-electron chi connectivity index (χ0n) is 13.7. The van der Waals surface area contributed by atoms with Gasteiger partial charge in [0.2, 0.25) is 5.95 Å². The Bertz CT molecular complexity index is 885. The molecule has 0 aromatic carbocycles. The van der Waals surface area contributed by atoms with Crippen molar-refractivity contribution < 1.29 is 0 Å². The van der Waals surface area contributed by atoms with Gasteiger partial charge >= 0.3 is 0 Å². The molecule has 0 aliphatic carbocycles. The highest BCUT2D eigenvalue weighted by Gasteiger charge is 2.19. The maximum absolute atomic E-state index is 12.2. The smallest absolute Gasteiger partial charge is 0.263 e. The van der Waals surface area contributed by atoms with Gasteiger partial charge in [-0.05, 0) is 27.7 Å². The predicted octanol–water partition coefficient (Wildman–Crippen LogP) is 2.29. The molecule has 0 radical (unpaired) electrons. The number of fused-ring (bicyclic) bond motifs is 1. The molecule has 0 aliphatic heterocycles. The summed E-state index contributed by atoms with van der Waals surface area (Å²) >= 11 is 1.64. The fraction of sp³-hybridized carbons (Fsp3) is 0.467. The van der Waals surface area contributed by atoms with Crippen LogP contribution in [0.4, 0.5) is 5.95 Å². The van der Waals surface area contributed by atoms with E-state index in [0.717, 1.165) is 17.1 Å². The van der Waals surface area contributed by atoms with Crippen LogP contribution >= 0.6 is 11.3 Å². The second kappa shape index (κ2) is 5.77. The molecule has 7 nitrogen and oxygen atoms in total. The number of nitrogens with zero attached hydrogens (tertiary/aromatic N) is 4. The zero-order chi connectivity index (χ0) is 16.6. The summed E-state index contributed by atoms with van der Waals surface area (Å²) in [5.41, 5.74) is 1.21. The number of nitrogens with one attached hydrogen (secondary N) is 2. The number of aromatic amines is 1. The number of aromatic nitrogens is 5. The maximum atomic E-state index is 12.2. The minimum atomic E-state index is -0.238. The third kappa shape index (κ3) is 3.26. The summed E-state index contributed by atoms with van der Waals surface area (Å²) in [7, 11) is 0. The molecule has 0 aliphatic rings. The second-order valence-corrected chi connectivity index (χ2v) is 7.48. The lowest BCUT2D eigenvalue weighted by Crippen LogP contribution is -2.24. The van der Waals surface area contributed by atoms with Crippen LogP contribution in [-0.2, 0) is 12.0 Å². The monoisotopic (exact) mass is 332 g/mol. The van der Waals surface area contributed by atoms with Crippen molar-refractivity contribution in [2.45, 2.75) is 39.7 Å². The van der Waals surface area contributed by atoms with E-state index in [9.17, 15) is 4.79 Å². The van der Waals surface area contributed by atoms with E-state index in [0.29, 0.717) is 23.5 Å². The Balaban J connectivity index is 1.82.